The molecule has 5 heteroatoms. The quantitative estimate of drug-likeness (QED) is 0.388. The Morgan fingerprint density at radius 3 is 2.43 bits per heavy atom. The first-order valence-electron chi connectivity index (χ1n) is 9.27. The third kappa shape index (κ3) is 7.53. The lowest BCUT2D eigenvalue weighted by Gasteiger charge is -2.41. The van der Waals surface area contributed by atoms with Crippen LogP contribution in [0.2, 0.25) is 0 Å². The van der Waals surface area contributed by atoms with Crippen LogP contribution in [0.1, 0.15) is 52.9 Å². The SMILES string of the molecule is CCNC(=NCC1(N(C)C)CCOCC1)NCCCCC(C)C. The summed E-state index contributed by atoms with van der Waals surface area (Å²) in [7, 11) is 4.32. The molecule has 0 unspecified atom stereocenters. The molecule has 0 radical (unpaired) electrons. The van der Waals surface area contributed by atoms with E-state index >= 15 is 0 Å². The zero-order valence-electron chi connectivity index (χ0n) is 16.0. The Morgan fingerprint density at radius 2 is 1.87 bits per heavy atom. The standard InChI is InChI=1S/C18H38N4O/c1-6-19-17(20-12-8-7-9-16(2)3)21-15-18(22(4)5)10-13-23-14-11-18/h16H,6-15H2,1-5H3,(H2,19,20,21). The molecule has 0 aromatic carbocycles. The Kier molecular flexibility index (Phi) is 9.56. The van der Waals surface area contributed by atoms with E-state index in [1.807, 2.05) is 0 Å². The van der Waals surface area contributed by atoms with Crippen molar-refractivity contribution in [2.75, 3.05) is 46.9 Å². The number of hydrogen-bond acceptors (Lipinski definition) is 3. The molecule has 2 N–H and O–H groups in total. The number of ether oxygens (including phenoxy) is 1. The largest absolute Gasteiger partial charge is 0.381 e. The highest BCUT2D eigenvalue weighted by Gasteiger charge is 2.34. The van der Waals surface area contributed by atoms with Crippen LogP contribution in [-0.2, 0) is 4.74 Å². The number of nitrogens with one attached hydrogen (secondary N) is 2. The topological polar surface area (TPSA) is 48.9 Å². The molecule has 0 aliphatic carbocycles. The van der Waals surface area contributed by atoms with Crippen LogP contribution in [0.5, 0.6) is 0 Å². The van der Waals surface area contributed by atoms with Crippen LogP contribution in [0.15, 0.2) is 4.99 Å². The average Bonchev–Trinajstić information content (AvgIpc) is 2.52. The van der Waals surface area contributed by atoms with E-state index in [2.05, 4.69) is 50.4 Å². The van der Waals surface area contributed by atoms with Crippen LogP contribution in [0, 0.1) is 5.92 Å². The molecule has 0 saturated carbocycles. The predicted molar refractivity (Wildman–Crippen MR) is 99.1 cm³/mol. The van der Waals surface area contributed by atoms with E-state index in [9.17, 15) is 0 Å². The third-order valence-electron chi connectivity index (χ3n) is 4.75. The van der Waals surface area contributed by atoms with Gasteiger partial charge in [-0.05, 0) is 46.2 Å². The molecule has 1 fully saturated rings. The van der Waals surface area contributed by atoms with Crippen molar-refractivity contribution in [3.05, 3.63) is 0 Å². The van der Waals surface area contributed by atoms with Crippen LogP contribution in [0.3, 0.4) is 0 Å². The first-order valence-corrected chi connectivity index (χ1v) is 9.27. The molecule has 1 heterocycles. The Labute approximate surface area is 143 Å². The number of aliphatic imine (C=N–C) groups is 1. The van der Waals surface area contributed by atoms with Crippen molar-refractivity contribution in [2.45, 2.75) is 58.4 Å². The minimum Gasteiger partial charge on any atom is -0.381 e. The number of hydrogen-bond donors (Lipinski definition) is 2. The maximum Gasteiger partial charge on any atom is 0.191 e. The van der Waals surface area contributed by atoms with E-state index < -0.39 is 0 Å². The third-order valence-corrected chi connectivity index (χ3v) is 4.75. The van der Waals surface area contributed by atoms with Crippen molar-refractivity contribution in [1.82, 2.24) is 15.5 Å². The minimum absolute atomic E-state index is 0.137. The second kappa shape index (κ2) is 10.9. The zero-order valence-corrected chi connectivity index (χ0v) is 16.0. The van der Waals surface area contributed by atoms with Crippen molar-refractivity contribution >= 4 is 5.96 Å². The fourth-order valence-electron chi connectivity index (χ4n) is 2.95. The van der Waals surface area contributed by atoms with Crippen molar-refractivity contribution in [2.24, 2.45) is 10.9 Å². The monoisotopic (exact) mass is 326 g/mol. The second-order valence-corrected chi connectivity index (χ2v) is 7.24. The van der Waals surface area contributed by atoms with Gasteiger partial charge in [0.05, 0.1) is 6.54 Å². The molecule has 1 saturated heterocycles. The number of guanidine groups is 1. The van der Waals surface area contributed by atoms with Gasteiger partial charge in [0.1, 0.15) is 0 Å². The van der Waals surface area contributed by atoms with Crippen LogP contribution < -0.4 is 10.6 Å². The number of rotatable bonds is 9. The molecule has 5 nitrogen and oxygen atoms in total. The lowest BCUT2D eigenvalue weighted by Crippen LogP contribution is -2.51. The van der Waals surface area contributed by atoms with Gasteiger partial charge in [0, 0.05) is 31.8 Å². The summed E-state index contributed by atoms with van der Waals surface area (Å²) in [5, 5.41) is 6.85. The molecule has 1 aliphatic rings. The molecule has 0 amide bonds. The summed E-state index contributed by atoms with van der Waals surface area (Å²) in [5.74, 6) is 1.75. The number of nitrogens with zero attached hydrogens (tertiary/aromatic N) is 2. The summed E-state index contributed by atoms with van der Waals surface area (Å²) in [4.78, 5) is 7.19. The molecule has 0 aromatic heterocycles. The smallest absolute Gasteiger partial charge is 0.191 e. The molecule has 0 aromatic rings. The maximum absolute atomic E-state index is 5.53. The number of likely N-dealkylation sites (N-methyl/N-ethyl adjacent to an activating group) is 1. The molecule has 0 spiro atoms. The van der Waals surface area contributed by atoms with Gasteiger partial charge in [0.2, 0.25) is 0 Å². The van der Waals surface area contributed by atoms with Gasteiger partial charge in [-0.25, -0.2) is 0 Å². The molecule has 0 atom stereocenters. The van der Waals surface area contributed by atoms with Gasteiger partial charge in [0.25, 0.3) is 0 Å². The molecule has 1 rings (SSSR count). The van der Waals surface area contributed by atoms with Crippen molar-refractivity contribution in [3.8, 4) is 0 Å². The zero-order chi connectivity index (χ0) is 17.1. The van der Waals surface area contributed by atoms with Crippen molar-refractivity contribution in [3.63, 3.8) is 0 Å². The lowest BCUT2D eigenvalue weighted by molar-refractivity contribution is -0.00254. The normalized spacial score (nSPS) is 18.5. The van der Waals surface area contributed by atoms with E-state index in [1.165, 1.54) is 19.3 Å². The summed E-state index contributed by atoms with van der Waals surface area (Å²) in [5.41, 5.74) is 0.137. The fraction of sp³-hybridized carbons (Fsp3) is 0.944. The molecule has 136 valence electrons. The molecule has 0 bridgehead atoms. The molecular weight excluding hydrogens is 288 g/mol. The van der Waals surface area contributed by atoms with E-state index in [-0.39, 0.29) is 5.54 Å². The average molecular weight is 327 g/mol. The summed E-state index contributed by atoms with van der Waals surface area (Å²) in [6.07, 6.45) is 5.89. The van der Waals surface area contributed by atoms with Crippen LogP contribution in [0.25, 0.3) is 0 Å². The summed E-state index contributed by atoms with van der Waals surface area (Å²) >= 11 is 0. The highest BCUT2D eigenvalue weighted by Crippen LogP contribution is 2.26. The molecule has 1 aliphatic heterocycles. The minimum atomic E-state index is 0.137. The van der Waals surface area contributed by atoms with Crippen molar-refractivity contribution in [1.29, 1.82) is 0 Å². The van der Waals surface area contributed by atoms with Gasteiger partial charge in [-0.3, -0.25) is 4.99 Å². The summed E-state index contributed by atoms with van der Waals surface area (Å²) in [6.45, 7) is 11.1. The first kappa shape index (κ1) is 20.2. The van der Waals surface area contributed by atoms with E-state index in [0.29, 0.717) is 0 Å². The van der Waals surface area contributed by atoms with Gasteiger partial charge in [0.15, 0.2) is 5.96 Å². The van der Waals surface area contributed by atoms with Crippen molar-refractivity contribution < 1.29 is 4.74 Å². The van der Waals surface area contributed by atoms with Gasteiger partial charge >= 0.3 is 0 Å². The predicted octanol–water partition coefficient (Wildman–Crippen LogP) is 2.48. The van der Waals surface area contributed by atoms with Gasteiger partial charge in [-0.2, -0.15) is 0 Å². The first-order chi connectivity index (χ1) is 11.0. The Bertz CT molecular complexity index is 336. The van der Waals surface area contributed by atoms with E-state index in [4.69, 9.17) is 9.73 Å². The van der Waals surface area contributed by atoms with Gasteiger partial charge in [-0.1, -0.05) is 26.7 Å². The van der Waals surface area contributed by atoms with E-state index in [1.54, 1.807) is 0 Å². The maximum atomic E-state index is 5.53. The Hall–Kier alpha value is -0.810. The van der Waals surface area contributed by atoms with Crippen LogP contribution in [0.4, 0.5) is 0 Å². The van der Waals surface area contributed by atoms with E-state index in [0.717, 1.165) is 57.6 Å². The van der Waals surface area contributed by atoms with Gasteiger partial charge in [-0.15, -0.1) is 0 Å². The fourth-order valence-corrected chi connectivity index (χ4v) is 2.95. The lowest BCUT2D eigenvalue weighted by atomic mass is 9.89. The summed E-state index contributed by atoms with van der Waals surface area (Å²) < 4.78 is 5.53. The van der Waals surface area contributed by atoms with Crippen LogP contribution in [-0.4, -0.2) is 63.3 Å². The Morgan fingerprint density at radius 1 is 1.17 bits per heavy atom. The van der Waals surface area contributed by atoms with Crippen LogP contribution >= 0.6 is 0 Å². The molecular formula is C18H38N4O. The van der Waals surface area contributed by atoms with Gasteiger partial charge < -0.3 is 20.3 Å². The summed E-state index contributed by atoms with van der Waals surface area (Å²) in [6, 6.07) is 0. The number of unbranched alkanes of at least 4 members (excludes halogenated alkanes) is 1. The Balaban J connectivity index is 2.49. The highest BCUT2D eigenvalue weighted by molar-refractivity contribution is 5.79. The highest BCUT2D eigenvalue weighted by atomic mass is 16.5. The molecule has 23 heavy (non-hydrogen) atoms. The second-order valence-electron chi connectivity index (χ2n) is 7.24.